The Morgan fingerprint density at radius 3 is 2.17 bits per heavy atom. The third kappa shape index (κ3) is 4.17. The predicted octanol–water partition coefficient (Wildman–Crippen LogP) is 3.78. The lowest BCUT2D eigenvalue weighted by atomic mass is 10.2. The fourth-order valence-corrected chi connectivity index (χ4v) is 1.71. The van der Waals surface area contributed by atoms with Crippen LogP contribution in [0.4, 0.5) is 5.95 Å². The van der Waals surface area contributed by atoms with Crippen molar-refractivity contribution < 1.29 is 0 Å². The third-order valence-electron chi connectivity index (χ3n) is 2.35. The number of nitrogens with one attached hydrogen (secondary N) is 1. The molecule has 5 heteroatoms. The van der Waals surface area contributed by atoms with Crippen molar-refractivity contribution in [3.63, 3.8) is 0 Å². The lowest BCUT2D eigenvalue weighted by Gasteiger charge is -2.06. The van der Waals surface area contributed by atoms with Gasteiger partial charge in [-0.3, -0.25) is 0 Å². The van der Waals surface area contributed by atoms with Crippen molar-refractivity contribution in [3.8, 4) is 0 Å². The average molecular weight is 284 g/mol. The zero-order valence-corrected chi connectivity index (χ0v) is 11.8. The Morgan fingerprint density at radius 1 is 1.06 bits per heavy atom. The van der Waals surface area contributed by atoms with Crippen LogP contribution in [0, 0.1) is 13.8 Å². The van der Waals surface area contributed by atoms with E-state index in [-0.39, 0.29) is 12.4 Å². The number of aryl methyl sites for hydroxylation is 2. The highest BCUT2D eigenvalue weighted by molar-refractivity contribution is 6.30. The van der Waals surface area contributed by atoms with E-state index in [0.717, 1.165) is 22.0 Å². The van der Waals surface area contributed by atoms with E-state index in [2.05, 4.69) is 15.3 Å². The zero-order chi connectivity index (χ0) is 12.3. The summed E-state index contributed by atoms with van der Waals surface area (Å²) < 4.78 is 0. The molecule has 0 saturated carbocycles. The lowest BCUT2D eigenvalue weighted by molar-refractivity contribution is 1.00. The van der Waals surface area contributed by atoms with Crippen LogP contribution in [0.3, 0.4) is 0 Å². The molecule has 1 N–H and O–H groups in total. The standard InChI is InChI=1S/C13H14ClN3.ClH/c1-9-7-10(2)17-13(16-9)15-8-11-3-5-12(14)6-4-11;/h3-7H,8H2,1-2H3,(H,15,16,17);1H. The van der Waals surface area contributed by atoms with Gasteiger partial charge in [0.2, 0.25) is 5.95 Å². The van der Waals surface area contributed by atoms with E-state index in [0.29, 0.717) is 12.5 Å². The largest absolute Gasteiger partial charge is 0.350 e. The molecule has 0 unspecified atom stereocenters. The summed E-state index contributed by atoms with van der Waals surface area (Å²) >= 11 is 5.83. The molecule has 0 bridgehead atoms. The molecular weight excluding hydrogens is 269 g/mol. The molecule has 1 aromatic heterocycles. The lowest BCUT2D eigenvalue weighted by Crippen LogP contribution is -2.05. The van der Waals surface area contributed by atoms with Gasteiger partial charge in [0, 0.05) is 23.0 Å². The van der Waals surface area contributed by atoms with Crippen molar-refractivity contribution in [2.75, 3.05) is 5.32 Å². The average Bonchev–Trinajstić information content (AvgIpc) is 2.27. The topological polar surface area (TPSA) is 37.8 Å². The second-order valence-electron chi connectivity index (χ2n) is 3.95. The fourth-order valence-electron chi connectivity index (χ4n) is 1.59. The number of hydrogen-bond acceptors (Lipinski definition) is 3. The molecule has 0 aliphatic heterocycles. The van der Waals surface area contributed by atoms with Crippen LogP contribution < -0.4 is 5.32 Å². The highest BCUT2D eigenvalue weighted by atomic mass is 35.5. The van der Waals surface area contributed by atoms with Crippen LogP contribution in [0.5, 0.6) is 0 Å². The summed E-state index contributed by atoms with van der Waals surface area (Å²) in [5.74, 6) is 0.664. The summed E-state index contributed by atoms with van der Waals surface area (Å²) in [6.07, 6.45) is 0. The van der Waals surface area contributed by atoms with E-state index >= 15 is 0 Å². The molecule has 1 heterocycles. The van der Waals surface area contributed by atoms with Gasteiger partial charge in [-0.05, 0) is 37.6 Å². The van der Waals surface area contributed by atoms with Crippen LogP contribution in [0.1, 0.15) is 17.0 Å². The predicted molar refractivity (Wildman–Crippen MR) is 77.5 cm³/mol. The minimum Gasteiger partial charge on any atom is -0.350 e. The fraction of sp³-hybridized carbons (Fsp3) is 0.231. The summed E-state index contributed by atoms with van der Waals surface area (Å²) in [6.45, 7) is 4.62. The molecule has 0 aliphatic rings. The molecule has 0 fully saturated rings. The second kappa shape index (κ2) is 6.57. The van der Waals surface area contributed by atoms with Crippen molar-refractivity contribution in [1.29, 1.82) is 0 Å². The molecule has 3 nitrogen and oxygen atoms in total. The van der Waals surface area contributed by atoms with Crippen LogP contribution in [0.2, 0.25) is 5.02 Å². The minimum atomic E-state index is 0. The molecule has 0 atom stereocenters. The Kier molecular flexibility index (Phi) is 5.38. The van der Waals surface area contributed by atoms with E-state index in [1.54, 1.807) is 0 Å². The number of benzene rings is 1. The van der Waals surface area contributed by atoms with Gasteiger partial charge in [0.25, 0.3) is 0 Å². The van der Waals surface area contributed by atoms with Gasteiger partial charge in [0.1, 0.15) is 0 Å². The normalized spacial score (nSPS) is 9.72. The number of aromatic nitrogens is 2. The Hall–Kier alpha value is -1.32. The van der Waals surface area contributed by atoms with Crippen molar-refractivity contribution in [2.45, 2.75) is 20.4 Å². The van der Waals surface area contributed by atoms with Crippen LogP contribution in [0.25, 0.3) is 0 Å². The highest BCUT2D eigenvalue weighted by Crippen LogP contribution is 2.11. The van der Waals surface area contributed by atoms with Crippen molar-refractivity contribution in [2.24, 2.45) is 0 Å². The summed E-state index contributed by atoms with van der Waals surface area (Å²) in [7, 11) is 0. The number of anilines is 1. The molecule has 0 saturated heterocycles. The van der Waals surface area contributed by atoms with Crippen molar-refractivity contribution in [3.05, 3.63) is 52.3 Å². The van der Waals surface area contributed by atoms with Gasteiger partial charge in [0.15, 0.2) is 0 Å². The molecule has 96 valence electrons. The van der Waals surface area contributed by atoms with E-state index < -0.39 is 0 Å². The highest BCUT2D eigenvalue weighted by Gasteiger charge is 1.99. The smallest absolute Gasteiger partial charge is 0.223 e. The molecular formula is C13H15Cl2N3. The summed E-state index contributed by atoms with van der Waals surface area (Å²) in [5.41, 5.74) is 3.09. The van der Waals surface area contributed by atoms with Gasteiger partial charge in [-0.2, -0.15) is 0 Å². The monoisotopic (exact) mass is 283 g/mol. The first-order valence-electron chi connectivity index (χ1n) is 5.44. The van der Waals surface area contributed by atoms with Gasteiger partial charge in [-0.25, -0.2) is 9.97 Å². The molecule has 0 aliphatic carbocycles. The van der Waals surface area contributed by atoms with Gasteiger partial charge in [0.05, 0.1) is 0 Å². The maximum Gasteiger partial charge on any atom is 0.223 e. The van der Waals surface area contributed by atoms with Gasteiger partial charge >= 0.3 is 0 Å². The number of rotatable bonds is 3. The first-order valence-corrected chi connectivity index (χ1v) is 5.82. The number of hydrogen-bond donors (Lipinski definition) is 1. The van der Waals surface area contributed by atoms with E-state index in [9.17, 15) is 0 Å². The Morgan fingerprint density at radius 2 is 1.61 bits per heavy atom. The third-order valence-corrected chi connectivity index (χ3v) is 2.60. The molecule has 2 aromatic rings. The number of nitrogens with zero attached hydrogens (tertiary/aromatic N) is 2. The van der Waals surface area contributed by atoms with Gasteiger partial charge < -0.3 is 5.32 Å². The molecule has 2 rings (SSSR count). The van der Waals surface area contributed by atoms with Crippen molar-refractivity contribution in [1.82, 2.24) is 9.97 Å². The van der Waals surface area contributed by atoms with Crippen LogP contribution in [-0.2, 0) is 6.54 Å². The maximum absolute atomic E-state index is 5.83. The minimum absolute atomic E-state index is 0. The Labute approximate surface area is 118 Å². The Bertz CT molecular complexity index is 492. The van der Waals surface area contributed by atoms with Gasteiger partial charge in [-0.1, -0.05) is 23.7 Å². The molecule has 0 amide bonds. The Balaban J connectivity index is 0.00000162. The summed E-state index contributed by atoms with van der Waals surface area (Å²) in [5, 5.41) is 3.94. The second-order valence-corrected chi connectivity index (χ2v) is 4.39. The van der Waals surface area contributed by atoms with Crippen LogP contribution >= 0.6 is 24.0 Å². The first-order chi connectivity index (χ1) is 8.13. The first kappa shape index (κ1) is 14.7. The summed E-state index contributed by atoms with van der Waals surface area (Å²) in [6, 6.07) is 9.67. The summed E-state index contributed by atoms with van der Waals surface area (Å²) in [4.78, 5) is 8.64. The van der Waals surface area contributed by atoms with Crippen molar-refractivity contribution >= 4 is 30.0 Å². The van der Waals surface area contributed by atoms with Crippen LogP contribution in [-0.4, -0.2) is 9.97 Å². The zero-order valence-electron chi connectivity index (χ0n) is 10.3. The quantitative estimate of drug-likeness (QED) is 0.932. The molecule has 18 heavy (non-hydrogen) atoms. The van der Waals surface area contributed by atoms with E-state index in [1.165, 1.54) is 0 Å². The van der Waals surface area contributed by atoms with Crippen LogP contribution in [0.15, 0.2) is 30.3 Å². The van der Waals surface area contributed by atoms with E-state index in [1.807, 2.05) is 44.2 Å². The molecule has 0 radical (unpaired) electrons. The van der Waals surface area contributed by atoms with Gasteiger partial charge in [-0.15, -0.1) is 12.4 Å². The maximum atomic E-state index is 5.83. The van der Waals surface area contributed by atoms with E-state index in [4.69, 9.17) is 11.6 Å². The molecule has 1 aromatic carbocycles. The number of halogens is 2. The molecule has 0 spiro atoms. The SMILES string of the molecule is Cc1cc(C)nc(NCc2ccc(Cl)cc2)n1.Cl.